The zero-order chi connectivity index (χ0) is 13.1. The van der Waals surface area contributed by atoms with Crippen molar-refractivity contribution in [1.29, 1.82) is 0 Å². The van der Waals surface area contributed by atoms with Gasteiger partial charge >= 0.3 is 0 Å². The van der Waals surface area contributed by atoms with Crippen molar-refractivity contribution in [2.45, 2.75) is 32.6 Å². The fraction of sp³-hybridized carbons (Fsp3) is 0.500. The second-order valence-electron chi connectivity index (χ2n) is 5.06. The average molecular weight is 236 g/mol. The van der Waals surface area contributed by atoms with Crippen LogP contribution in [0.1, 0.15) is 43.1 Å². The molecular weight excluding hydrogens is 216 g/mol. The maximum absolute atomic E-state index is 11.9. The first kappa shape index (κ1) is 13.7. The molecule has 0 radical (unpaired) electrons. The standard InChI is InChI=1S/C14H20O3/c1-14(2,3)10-5-6-13(17-4)11(9-10)12(16)7-8-15/h5-6,9,15H,7-8H2,1-4H3. The molecule has 0 aliphatic heterocycles. The van der Waals surface area contributed by atoms with E-state index in [1.165, 1.54) is 0 Å². The number of carbonyl (C=O) groups is 1. The highest BCUT2D eigenvalue weighted by Crippen LogP contribution is 2.28. The highest BCUT2D eigenvalue weighted by molar-refractivity contribution is 5.99. The summed E-state index contributed by atoms with van der Waals surface area (Å²) in [5.74, 6) is 0.479. The summed E-state index contributed by atoms with van der Waals surface area (Å²) in [6, 6.07) is 5.64. The number of hydrogen-bond donors (Lipinski definition) is 1. The Morgan fingerprint density at radius 1 is 1.35 bits per heavy atom. The first-order valence-electron chi connectivity index (χ1n) is 5.72. The van der Waals surface area contributed by atoms with Gasteiger partial charge in [0.1, 0.15) is 5.75 Å². The number of carbonyl (C=O) groups excluding carboxylic acids is 1. The molecule has 0 heterocycles. The van der Waals surface area contributed by atoms with Crippen LogP contribution < -0.4 is 4.74 Å². The SMILES string of the molecule is COc1ccc(C(C)(C)C)cc1C(=O)CCO. The first-order valence-corrected chi connectivity index (χ1v) is 5.72. The molecule has 0 unspecified atom stereocenters. The van der Waals surface area contributed by atoms with Crippen molar-refractivity contribution < 1.29 is 14.6 Å². The second-order valence-corrected chi connectivity index (χ2v) is 5.06. The van der Waals surface area contributed by atoms with E-state index in [9.17, 15) is 4.79 Å². The summed E-state index contributed by atoms with van der Waals surface area (Å²) >= 11 is 0. The molecule has 0 aliphatic rings. The van der Waals surface area contributed by atoms with E-state index >= 15 is 0 Å². The number of benzene rings is 1. The quantitative estimate of drug-likeness (QED) is 0.817. The molecule has 17 heavy (non-hydrogen) atoms. The molecule has 0 aromatic heterocycles. The van der Waals surface area contributed by atoms with Gasteiger partial charge in [0.05, 0.1) is 19.3 Å². The van der Waals surface area contributed by atoms with Crippen LogP contribution in [-0.2, 0) is 5.41 Å². The largest absolute Gasteiger partial charge is 0.496 e. The van der Waals surface area contributed by atoms with Crippen LogP contribution >= 0.6 is 0 Å². The van der Waals surface area contributed by atoms with Crippen molar-refractivity contribution in [3.8, 4) is 5.75 Å². The molecule has 1 aromatic rings. The molecule has 1 rings (SSSR count). The molecule has 0 aliphatic carbocycles. The lowest BCUT2D eigenvalue weighted by Gasteiger charge is -2.20. The molecule has 0 fully saturated rings. The van der Waals surface area contributed by atoms with Gasteiger partial charge in [-0.25, -0.2) is 0 Å². The number of hydrogen-bond acceptors (Lipinski definition) is 3. The van der Waals surface area contributed by atoms with Gasteiger partial charge in [0.15, 0.2) is 5.78 Å². The summed E-state index contributed by atoms with van der Waals surface area (Å²) in [5.41, 5.74) is 1.62. The van der Waals surface area contributed by atoms with E-state index in [0.29, 0.717) is 11.3 Å². The van der Waals surface area contributed by atoms with E-state index in [1.54, 1.807) is 7.11 Å². The number of rotatable bonds is 4. The lowest BCUT2D eigenvalue weighted by Crippen LogP contribution is -2.13. The Morgan fingerprint density at radius 2 is 2.00 bits per heavy atom. The van der Waals surface area contributed by atoms with Crippen molar-refractivity contribution in [2.75, 3.05) is 13.7 Å². The lowest BCUT2D eigenvalue weighted by atomic mass is 9.85. The number of aliphatic hydroxyl groups excluding tert-OH is 1. The van der Waals surface area contributed by atoms with Crippen LogP contribution in [0.25, 0.3) is 0 Å². The fourth-order valence-corrected chi connectivity index (χ4v) is 1.63. The van der Waals surface area contributed by atoms with Crippen molar-refractivity contribution in [3.63, 3.8) is 0 Å². The Kier molecular flexibility index (Phi) is 4.29. The van der Waals surface area contributed by atoms with E-state index in [2.05, 4.69) is 20.8 Å². The molecule has 0 atom stereocenters. The lowest BCUT2D eigenvalue weighted by molar-refractivity contribution is 0.0953. The molecule has 94 valence electrons. The van der Waals surface area contributed by atoms with Crippen LogP contribution in [0.3, 0.4) is 0 Å². The summed E-state index contributed by atoms with van der Waals surface area (Å²) in [6.45, 7) is 6.14. The fourth-order valence-electron chi connectivity index (χ4n) is 1.63. The van der Waals surface area contributed by atoms with Gasteiger partial charge in [-0.15, -0.1) is 0 Å². The van der Waals surface area contributed by atoms with Crippen molar-refractivity contribution in [2.24, 2.45) is 0 Å². The summed E-state index contributed by atoms with van der Waals surface area (Å²) in [7, 11) is 1.54. The molecule has 0 saturated heterocycles. The normalized spacial score (nSPS) is 11.4. The van der Waals surface area contributed by atoms with Gasteiger partial charge in [-0.3, -0.25) is 4.79 Å². The molecule has 1 aromatic carbocycles. The predicted molar refractivity (Wildman–Crippen MR) is 67.7 cm³/mol. The predicted octanol–water partition coefficient (Wildman–Crippen LogP) is 2.56. The summed E-state index contributed by atoms with van der Waals surface area (Å²) in [4.78, 5) is 11.9. The van der Waals surface area contributed by atoms with Crippen LogP contribution in [0.2, 0.25) is 0 Å². The zero-order valence-corrected chi connectivity index (χ0v) is 10.9. The van der Waals surface area contributed by atoms with Crippen LogP contribution in [-0.4, -0.2) is 24.6 Å². The topological polar surface area (TPSA) is 46.5 Å². The zero-order valence-electron chi connectivity index (χ0n) is 10.9. The number of methoxy groups -OCH3 is 1. The third-order valence-corrected chi connectivity index (χ3v) is 2.70. The first-order chi connectivity index (χ1) is 7.90. The number of Topliss-reactive ketones (excluding diaryl/α,β-unsaturated/α-hetero) is 1. The van der Waals surface area contributed by atoms with Crippen molar-refractivity contribution in [1.82, 2.24) is 0 Å². The molecule has 0 amide bonds. The van der Waals surface area contributed by atoms with Gasteiger partial charge in [0.2, 0.25) is 0 Å². The summed E-state index contributed by atoms with van der Waals surface area (Å²) in [5, 5.41) is 8.83. The van der Waals surface area contributed by atoms with Crippen LogP contribution in [0.5, 0.6) is 5.75 Å². The van der Waals surface area contributed by atoms with Crippen LogP contribution in [0, 0.1) is 0 Å². The van der Waals surface area contributed by atoms with Gasteiger partial charge in [-0.05, 0) is 23.1 Å². The van der Waals surface area contributed by atoms with E-state index in [-0.39, 0.29) is 24.2 Å². The smallest absolute Gasteiger partial charge is 0.168 e. The number of ketones is 1. The van der Waals surface area contributed by atoms with Gasteiger partial charge in [-0.1, -0.05) is 26.8 Å². The van der Waals surface area contributed by atoms with E-state index in [0.717, 1.165) is 5.56 Å². The second kappa shape index (κ2) is 5.32. The molecule has 0 bridgehead atoms. The minimum atomic E-state index is -0.137. The monoisotopic (exact) mass is 236 g/mol. The Morgan fingerprint density at radius 3 is 2.47 bits per heavy atom. The Bertz CT molecular complexity index is 402. The van der Waals surface area contributed by atoms with Gasteiger partial charge in [0, 0.05) is 6.42 Å². The van der Waals surface area contributed by atoms with Gasteiger partial charge in [-0.2, -0.15) is 0 Å². The third kappa shape index (κ3) is 3.30. The van der Waals surface area contributed by atoms with Gasteiger partial charge in [0.25, 0.3) is 0 Å². The summed E-state index contributed by atoms with van der Waals surface area (Å²) in [6.07, 6.45) is 0.129. The minimum absolute atomic E-state index is 0.0134. The molecular formula is C14H20O3. The van der Waals surface area contributed by atoms with Crippen LogP contribution in [0.4, 0.5) is 0 Å². The van der Waals surface area contributed by atoms with E-state index in [4.69, 9.17) is 9.84 Å². The van der Waals surface area contributed by atoms with Gasteiger partial charge < -0.3 is 9.84 Å². The number of aliphatic hydroxyl groups is 1. The molecule has 1 N–H and O–H groups in total. The van der Waals surface area contributed by atoms with E-state index < -0.39 is 0 Å². The maximum atomic E-state index is 11.9. The summed E-state index contributed by atoms with van der Waals surface area (Å²) < 4.78 is 5.18. The molecule has 0 saturated carbocycles. The maximum Gasteiger partial charge on any atom is 0.168 e. The van der Waals surface area contributed by atoms with E-state index in [1.807, 2.05) is 18.2 Å². The molecule has 0 spiro atoms. The Balaban J connectivity index is 3.20. The molecule has 3 heteroatoms. The van der Waals surface area contributed by atoms with Crippen molar-refractivity contribution >= 4 is 5.78 Å². The highest BCUT2D eigenvalue weighted by atomic mass is 16.5. The third-order valence-electron chi connectivity index (χ3n) is 2.70. The Hall–Kier alpha value is -1.35. The van der Waals surface area contributed by atoms with Crippen molar-refractivity contribution in [3.05, 3.63) is 29.3 Å². The van der Waals surface area contributed by atoms with Crippen LogP contribution in [0.15, 0.2) is 18.2 Å². The average Bonchev–Trinajstić information content (AvgIpc) is 2.27. The number of ether oxygens (including phenoxy) is 1. The Labute approximate surface area is 102 Å². The molecule has 3 nitrogen and oxygen atoms in total. The highest BCUT2D eigenvalue weighted by Gasteiger charge is 2.18. The minimum Gasteiger partial charge on any atom is -0.496 e.